The molecule has 10 nitrogen and oxygen atoms in total. The highest BCUT2D eigenvalue weighted by atomic mass is 19.3. The Hall–Kier alpha value is -2.79. The van der Waals surface area contributed by atoms with E-state index in [0.29, 0.717) is 13.3 Å². The van der Waals surface area contributed by atoms with Gasteiger partial charge in [-0.2, -0.15) is 0 Å². The fraction of sp³-hybridized carbons (Fsp3) is 0.821. The van der Waals surface area contributed by atoms with Crippen molar-refractivity contribution < 1.29 is 32.8 Å². The minimum Gasteiger partial charge on any atom is -0.363 e. The van der Waals surface area contributed by atoms with Crippen LogP contribution in [0, 0.1) is 17.3 Å². The lowest BCUT2D eigenvalue weighted by molar-refractivity contribution is -0.145. The van der Waals surface area contributed by atoms with Crippen molar-refractivity contribution in [2.75, 3.05) is 6.54 Å². The van der Waals surface area contributed by atoms with Gasteiger partial charge >= 0.3 is 6.03 Å². The number of likely N-dealkylation sites (tertiary alicyclic amines) is 1. The zero-order valence-corrected chi connectivity index (χ0v) is 24.9. The number of hydrogen-bond donors (Lipinski definition) is 4. The lowest BCUT2D eigenvalue weighted by Crippen LogP contribution is -2.62. The number of amides is 5. The second-order valence-corrected chi connectivity index (χ2v) is 13.3. The molecule has 40 heavy (non-hydrogen) atoms. The van der Waals surface area contributed by atoms with Gasteiger partial charge in [0.15, 0.2) is 0 Å². The maximum atomic E-state index is 14.0. The number of ketones is 1. The average Bonchev–Trinajstić information content (AvgIpc) is 3.25. The molecule has 0 bridgehead atoms. The zero-order chi connectivity index (χ0) is 30.6. The van der Waals surface area contributed by atoms with Crippen molar-refractivity contribution in [2.45, 2.75) is 123 Å². The molecular formula is C28H47F2N5O5. The summed E-state index contributed by atoms with van der Waals surface area (Å²) in [7, 11) is 0. The molecule has 228 valence electrons. The van der Waals surface area contributed by atoms with Gasteiger partial charge < -0.3 is 26.6 Å². The summed E-state index contributed by atoms with van der Waals surface area (Å²) >= 11 is 0. The van der Waals surface area contributed by atoms with Gasteiger partial charge in [0, 0.05) is 18.5 Å². The van der Waals surface area contributed by atoms with E-state index in [9.17, 15) is 32.8 Å². The Kier molecular flexibility index (Phi) is 10.7. The quantitative estimate of drug-likeness (QED) is 0.297. The Labute approximate surface area is 235 Å². The fourth-order valence-electron chi connectivity index (χ4n) is 5.81. The van der Waals surface area contributed by atoms with E-state index < -0.39 is 65.4 Å². The summed E-state index contributed by atoms with van der Waals surface area (Å²) in [6, 6.07) is -4.40. The van der Waals surface area contributed by atoms with Gasteiger partial charge in [-0.3, -0.25) is 19.2 Å². The number of hydrogen-bond acceptors (Lipinski definition) is 5. The normalized spacial score (nSPS) is 22.8. The van der Waals surface area contributed by atoms with Crippen molar-refractivity contribution in [1.82, 2.24) is 20.9 Å². The molecular weight excluding hydrogens is 524 g/mol. The van der Waals surface area contributed by atoms with Crippen molar-refractivity contribution >= 4 is 29.5 Å². The lowest BCUT2D eigenvalue weighted by atomic mass is 9.83. The highest BCUT2D eigenvalue weighted by molar-refractivity contribution is 6.37. The summed E-state index contributed by atoms with van der Waals surface area (Å²) < 4.78 is 27.6. The van der Waals surface area contributed by atoms with Crippen LogP contribution >= 0.6 is 0 Å². The van der Waals surface area contributed by atoms with E-state index in [-0.39, 0.29) is 23.9 Å². The summed E-state index contributed by atoms with van der Waals surface area (Å²) in [5.41, 5.74) is 3.94. The van der Waals surface area contributed by atoms with Crippen LogP contribution in [0.2, 0.25) is 0 Å². The molecule has 0 aromatic heterocycles. The van der Waals surface area contributed by atoms with Crippen molar-refractivity contribution in [1.29, 1.82) is 0 Å². The molecule has 1 saturated heterocycles. The molecule has 3 unspecified atom stereocenters. The predicted molar refractivity (Wildman–Crippen MR) is 146 cm³/mol. The molecule has 0 aromatic carbocycles. The van der Waals surface area contributed by atoms with Crippen molar-refractivity contribution in [2.24, 2.45) is 23.0 Å². The molecule has 1 aliphatic heterocycles. The number of nitrogens with two attached hydrogens (primary N) is 1. The lowest BCUT2D eigenvalue weighted by Gasteiger charge is -2.39. The molecule has 0 radical (unpaired) electrons. The van der Waals surface area contributed by atoms with E-state index in [1.54, 1.807) is 20.8 Å². The van der Waals surface area contributed by atoms with E-state index in [0.717, 1.165) is 32.1 Å². The number of primary amides is 1. The molecule has 0 spiro atoms. The summed E-state index contributed by atoms with van der Waals surface area (Å²) in [6.07, 6.45) is 4.13. The number of Topliss-reactive ketones (excluding diaryl/α,β-unsaturated/α-hetero) is 1. The topological polar surface area (TPSA) is 151 Å². The van der Waals surface area contributed by atoms with Crippen molar-refractivity contribution in [3.8, 4) is 0 Å². The number of nitrogens with zero attached hydrogens (tertiary/aromatic N) is 1. The highest BCUT2D eigenvalue weighted by Gasteiger charge is 2.48. The number of halogens is 2. The minimum atomic E-state index is -3.37. The average molecular weight is 572 g/mol. The van der Waals surface area contributed by atoms with E-state index in [4.69, 9.17) is 5.73 Å². The van der Waals surface area contributed by atoms with Crippen LogP contribution in [-0.4, -0.2) is 70.6 Å². The molecule has 2 rings (SSSR count). The Morgan fingerprint density at radius 1 is 1.00 bits per heavy atom. The Morgan fingerprint density at radius 2 is 1.57 bits per heavy atom. The third kappa shape index (κ3) is 8.86. The van der Waals surface area contributed by atoms with E-state index >= 15 is 0 Å². The Balaban J connectivity index is 2.32. The largest absolute Gasteiger partial charge is 0.363 e. The third-order valence-electron chi connectivity index (χ3n) is 8.05. The first-order chi connectivity index (χ1) is 18.3. The Morgan fingerprint density at radius 3 is 2.05 bits per heavy atom. The SMILES string of the molecule is CC(C)C1CCN(C(=O)[C@@H](NC(=O)NC2(C)CCCCC2)C(C)(C)C)C1C(=O)NC(CC(C)(F)F)C(=O)C(N)=O. The summed E-state index contributed by atoms with van der Waals surface area (Å²) in [4.78, 5) is 65.8. The summed E-state index contributed by atoms with van der Waals surface area (Å²) in [5, 5.41) is 8.13. The first-order valence-electron chi connectivity index (χ1n) is 14.2. The molecule has 1 aliphatic carbocycles. The van der Waals surface area contributed by atoms with Gasteiger partial charge in [-0.25, -0.2) is 13.6 Å². The van der Waals surface area contributed by atoms with Crippen LogP contribution in [0.25, 0.3) is 0 Å². The van der Waals surface area contributed by atoms with E-state index in [2.05, 4.69) is 16.0 Å². The van der Waals surface area contributed by atoms with Gasteiger partial charge in [0.1, 0.15) is 18.1 Å². The van der Waals surface area contributed by atoms with Gasteiger partial charge in [0.05, 0.1) is 0 Å². The maximum absolute atomic E-state index is 14.0. The van der Waals surface area contributed by atoms with Crippen LogP contribution in [0.15, 0.2) is 0 Å². The smallest absolute Gasteiger partial charge is 0.315 e. The van der Waals surface area contributed by atoms with Crippen LogP contribution in [-0.2, 0) is 19.2 Å². The van der Waals surface area contributed by atoms with E-state index in [1.807, 2.05) is 20.8 Å². The van der Waals surface area contributed by atoms with Crippen molar-refractivity contribution in [3.05, 3.63) is 0 Å². The maximum Gasteiger partial charge on any atom is 0.315 e. The third-order valence-corrected chi connectivity index (χ3v) is 8.05. The van der Waals surface area contributed by atoms with Gasteiger partial charge in [0.2, 0.25) is 23.5 Å². The molecule has 12 heteroatoms. The number of nitrogens with one attached hydrogen (secondary N) is 3. The van der Waals surface area contributed by atoms with Crippen LogP contribution in [0.1, 0.15) is 93.4 Å². The zero-order valence-electron chi connectivity index (χ0n) is 24.9. The number of carbonyl (C=O) groups excluding carboxylic acids is 5. The molecule has 1 saturated carbocycles. The number of carbonyl (C=O) groups is 5. The Bertz CT molecular complexity index is 969. The van der Waals surface area contributed by atoms with Gasteiger partial charge in [-0.15, -0.1) is 0 Å². The van der Waals surface area contributed by atoms with Gasteiger partial charge in [-0.05, 0) is 50.4 Å². The van der Waals surface area contributed by atoms with Crippen LogP contribution in [0.5, 0.6) is 0 Å². The fourth-order valence-corrected chi connectivity index (χ4v) is 5.81. The van der Waals surface area contributed by atoms with Gasteiger partial charge in [-0.1, -0.05) is 53.9 Å². The first kappa shape index (κ1) is 33.4. The van der Waals surface area contributed by atoms with Crippen molar-refractivity contribution in [3.63, 3.8) is 0 Å². The van der Waals surface area contributed by atoms with E-state index in [1.165, 1.54) is 4.90 Å². The standard InChI is InChI=1S/C28H47F2N5O5/c1-16(2)17-11-14-35(19(17)23(38)32-18(15-28(7,29)30)20(36)22(31)37)24(39)21(26(3,4)5)33-25(40)34-27(6)12-9-8-10-13-27/h16-19,21H,8-15H2,1-7H3,(H2,31,37)(H,32,38)(H2,33,34,40)/t17?,18?,19?,21-/m1/s1. The summed E-state index contributed by atoms with van der Waals surface area (Å²) in [5.74, 6) is -7.86. The first-order valence-corrected chi connectivity index (χ1v) is 14.2. The highest BCUT2D eigenvalue weighted by Crippen LogP contribution is 2.34. The molecule has 5 amide bonds. The minimum absolute atomic E-state index is 0.0675. The molecule has 0 aromatic rings. The number of rotatable bonds is 10. The second-order valence-electron chi connectivity index (χ2n) is 13.3. The second kappa shape index (κ2) is 12.8. The van der Waals surface area contributed by atoms with Crippen LogP contribution in [0.3, 0.4) is 0 Å². The van der Waals surface area contributed by atoms with Gasteiger partial charge in [0.25, 0.3) is 5.91 Å². The van der Waals surface area contributed by atoms with Crippen LogP contribution in [0.4, 0.5) is 13.6 Å². The number of urea groups is 1. The molecule has 5 N–H and O–H groups in total. The number of alkyl halides is 2. The molecule has 4 atom stereocenters. The molecule has 2 aliphatic rings. The molecule has 1 heterocycles. The predicted octanol–water partition coefficient (Wildman–Crippen LogP) is 2.88. The molecule has 2 fully saturated rings. The van der Waals surface area contributed by atoms with Crippen LogP contribution < -0.4 is 21.7 Å². The summed E-state index contributed by atoms with van der Waals surface area (Å²) in [6.45, 7) is 11.9. The monoisotopic (exact) mass is 571 g/mol.